The SMILES string of the molecule is CC(C)N1N=CN(C(F)(F)C(F)(F)F)C1C(C)(C)C. The highest BCUT2D eigenvalue weighted by atomic mass is 19.4. The van der Waals surface area contributed by atoms with Crippen molar-refractivity contribution in [1.29, 1.82) is 0 Å². The summed E-state index contributed by atoms with van der Waals surface area (Å²) >= 11 is 0. The number of halogens is 5. The van der Waals surface area contributed by atoms with Crippen molar-refractivity contribution < 1.29 is 22.0 Å². The average Bonchev–Trinajstić information content (AvgIpc) is 2.58. The molecule has 0 saturated carbocycles. The standard InChI is InChI=1S/C11H18F5N3/c1-7(2)19-8(9(3,4)5)18(6-17-19)11(15,16)10(12,13)14/h6-8H,1-5H3. The number of hydrogen-bond acceptors (Lipinski definition) is 3. The van der Waals surface area contributed by atoms with E-state index in [-0.39, 0.29) is 10.9 Å². The number of rotatable bonds is 2. The van der Waals surface area contributed by atoms with Gasteiger partial charge in [-0.25, -0.2) is 0 Å². The average molecular weight is 287 g/mol. The van der Waals surface area contributed by atoms with Gasteiger partial charge in [0.05, 0.1) is 0 Å². The summed E-state index contributed by atoms with van der Waals surface area (Å²) in [6.07, 6.45) is -6.23. The molecule has 0 aromatic heterocycles. The monoisotopic (exact) mass is 287 g/mol. The Bertz CT molecular complexity index is 356. The van der Waals surface area contributed by atoms with Crippen molar-refractivity contribution in [3.8, 4) is 0 Å². The summed E-state index contributed by atoms with van der Waals surface area (Å²) in [6, 6.07) is -5.23. The van der Waals surface area contributed by atoms with Gasteiger partial charge in [0.25, 0.3) is 0 Å². The van der Waals surface area contributed by atoms with Crippen molar-refractivity contribution in [2.45, 2.75) is 59.0 Å². The Labute approximate surface area is 109 Å². The van der Waals surface area contributed by atoms with Crippen LogP contribution in [0, 0.1) is 5.41 Å². The minimum Gasteiger partial charge on any atom is -0.272 e. The van der Waals surface area contributed by atoms with Crippen LogP contribution in [0.3, 0.4) is 0 Å². The molecule has 0 aromatic carbocycles. The van der Waals surface area contributed by atoms with Crippen molar-refractivity contribution in [3.63, 3.8) is 0 Å². The third-order valence-electron chi connectivity index (χ3n) is 2.79. The molecule has 0 radical (unpaired) electrons. The molecule has 0 fully saturated rings. The van der Waals surface area contributed by atoms with Crippen LogP contribution in [0.4, 0.5) is 22.0 Å². The van der Waals surface area contributed by atoms with Crippen LogP contribution >= 0.6 is 0 Å². The summed E-state index contributed by atoms with van der Waals surface area (Å²) in [4.78, 5) is -0.00694. The largest absolute Gasteiger partial charge is 0.475 e. The van der Waals surface area contributed by atoms with Gasteiger partial charge in [0.15, 0.2) is 0 Å². The Balaban J connectivity index is 3.19. The van der Waals surface area contributed by atoms with E-state index in [1.54, 1.807) is 34.6 Å². The number of alkyl halides is 5. The smallest absolute Gasteiger partial charge is 0.272 e. The van der Waals surface area contributed by atoms with Crippen molar-refractivity contribution >= 4 is 6.34 Å². The molecular weight excluding hydrogens is 269 g/mol. The minimum absolute atomic E-state index is 0.00694. The second-order valence-electron chi connectivity index (χ2n) is 5.89. The van der Waals surface area contributed by atoms with Gasteiger partial charge >= 0.3 is 12.2 Å². The molecule has 3 nitrogen and oxygen atoms in total. The van der Waals surface area contributed by atoms with Gasteiger partial charge in [0, 0.05) is 11.5 Å². The lowest BCUT2D eigenvalue weighted by Gasteiger charge is -2.43. The molecule has 19 heavy (non-hydrogen) atoms. The Morgan fingerprint density at radius 2 is 1.53 bits per heavy atom. The molecule has 1 heterocycles. The second kappa shape index (κ2) is 4.49. The summed E-state index contributed by atoms with van der Waals surface area (Å²) in [5, 5.41) is 4.96. The van der Waals surface area contributed by atoms with E-state index in [0.717, 1.165) is 0 Å². The van der Waals surface area contributed by atoms with Crippen LogP contribution in [0.5, 0.6) is 0 Å². The van der Waals surface area contributed by atoms with Crippen LogP contribution in [-0.4, -0.2) is 40.7 Å². The molecule has 112 valence electrons. The first kappa shape index (κ1) is 16.0. The Morgan fingerprint density at radius 1 is 1.05 bits per heavy atom. The molecule has 1 aliphatic rings. The lowest BCUT2D eigenvalue weighted by atomic mass is 9.90. The molecular formula is C11H18F5N3. The fourth-order valence-corrected chi connectivity index (χ4v) is 1.97. The predicted molar refractivity (Wildman–Crippen MR) is 61.6 cm³/mol. The first-order valence-corrected chi connectivity index (χ1v) is 5.85. The highest BCUT2D eigenvalue weighted by Gasteiger charge is 2.65. The third-order valence-corrected chi connectivity index (χ3v) is 2.79. The van der Waals surface area contributed by atoms with Crippen molar-refractivity contribution in [2.24, 2.45) is 10.5 Å². The Morgan fingerprint density at radius 3 is 1.84 bits per heavy atom. The molecule has 1 atom stereocenters. The molecule has 0 bridgehead atoms. The van der Waals surface area contributed by atoms with E-state index in [2.05, 4.69) is 5.10 Å². The van der Waals surface area contributed by atoms with Crippen LogP contribution in [-0.2, 0) is 0 Å². The maximum absolute atomic E-state index is 13.5. The van der Waals surface area contributed by atoms with E-state index in [1.807, 2.05) is 0 Å². The maximum Gasteiger partial charge on any atom is 0.475 e. The number of hydrogen-bond donors (Lipinski definition) is 0. The van der Waals surface area contributed by atoms with Crippen LogP contribution in [0.15, 0.2) is 5.10 Å². The van der Waals surface area contributed by atoms with Gasteiger partial charge in [-0.15, -0.1) is 0 Å². The summed E-state index contributed by atoms with van der Waals surface area (Å²) in [6.45, 7) is 8.17. The van der Waals surface area contributed by atoms with Gasteiger partial charge in [0.2, 0.25) is 0 Å². The Kier molecular flexibility index (Phi) is 3.77. The summed E-state index contributed by atoms with van der Waals surface area (Å²) in [5.41, 5.74) is -0.824. The topological polar surface area (TPSA) is 18.8 Å². The lowest BCUT2D eigenvalue weighted by molar-refractivity contribution is -0.338. The van der Waals surface area contributed by atoms with Crippen molar-refractivity contribution in [2.75, 3.05) is 0 Å². The Hall–Kier alpha value is -1.08. The normalized spacial score (nSPS) is 21.7. The number of nitrogens with zero attached hydrogens (tertiary/aromatic N) is 3. The summed E-state index contributed by atoms with van der Waals surface area (Å²) in [5.74, 6) is 0. The first-order valence-electron chi connectivity index (χ1n) is 5.85. The van der Waals surface area contributed by atoms with Crippen LogP contribution in [0.2, 0.25) is 0 Å². The highest BCUT2D eigenvalue weighted by Crippen LogP contribution is 2.44. The molecule has 0 aliphatic carbocycles. The molecule has 1 rings (SSSR count). The zero-order chi connectivity index (χ0) is 15.2. The maximum atomic E-state index is 13.5. The van der Waals surface area contributed by atoms with Gasteiger partial charge in [-0.1, -0.05) is 20.8 Å². The molecule has 0 saturated heterocycles. The van der Waals surface area contributed by atoms with E-state index in [4.69, 9.17) is 0 Å². The van der Waals surface area contributed by atoms with E-state index in [1.165, 1.54) is 5.01 Å². The van der Waals surface area contributed by atoms with Gasteiger partial charge in [0.1, 0.15) is 12.5 Å². The van der Waals surface area contributed by atoms with Gasteiger partial charge in [-0.3, -0.25) is 9.91 Å². The summed E-state index contributed by atoms with van der Waals surface area (Å²) in [7, 11) is 0. The van der Waals surface area contributed by atoms with Gasteiger partial charge in [-0.2, -0.15) is 27.1 Å². The molecule has 1 unspecified atom stereocenters. The van der Waals surface area contributed by atoms with E-state index in [9.17, 15) is 22.0 Å². The zero-order valence-corrected chi connectivity index (χ0v) is 11.5. The van der Waals surface area contributed by atoms with E-state index < -0.39 is 23.8 Å². The quantitative estimate of drug-likeness (QED) is 0.572. The van der Waals surface area contributed by atoms with Crippen molar-refractivity contribution in [1.82, 2.24) is 9.91 Å². The van der Waals surface area contributed by atoms with Gasteiger partial charge < -0.3 is 0 Å². The molecule has 0 spiro atoms. The molecule has 0 amide bonds. The molecule has 8 heteroatoms. The summed E-state index contributed by atoms with van der Waals surface area (Å²) < 4.78 is 64.6. The van der Waals surface area contributed by atoms with Gasteiger partial charge in [-0.05, 0) is 13.8 Å². The second-order valence-corrected chi connectivity index (χ2v) is 5.89. The third kappa shape index (κ3) is 2.76. The van der Waals surface area contributed by atoms with Crippen LogP contribution < -0.4 is 0 Å². The fourth-order valence-electron chi connectivity index (χ4n) is 1.97. The number of hydrazone groups is 1. The minimum atomic E-state index is -5.64. The van der Waals surface area contributed by atoms with Crippen LogP contribution in [0.25, 0.3) is 0 Å². The van der Waals surface area contributed by atoms with Crippen LogP contribution in [0.1, 0.15) is 34.6 Å². The lowest BCUT2D eigenvalue weighted by Crippen LogP contribution is -2.61. The first-order chi connectivity index (χ1) is 8.30. The zero-order valence-electron chi connectivity index (χ0n) is 11.5. The molecule has 0 N–H and O–H groups in total. The van der Waals surface area contributed by atoms with E-state index >= 15 is 0 Å². The highest BCUT2D eigenvalue weighted by molar-refractivity contribution is 5.58. The fraction of sp³-hybridized carbons (Fsp3) is 0.909. The molecule has 0 aromatic rings. The van der Waals surface area contributed by atoms with E-state index in [0.29, 0.717) is 6.34 Å². The predicted octanol–water partition coefficient (Wildman–Crippen LogP) is 3.48. The molecule has 1 aliphatic heterocycles. The van der Waals surface area contributed by atoms with Crippen molar-refractivity contribution in [3.05, 3.63) is 0 Å².